The van der Waals surface area contributed by atoms with E-state index in [-0.39, 0.29) is 5.91 Å². The summed E-state index contributed by atoms with van der Waals surface area (Å²) >= 11 is 0. The summed E-state index contributed by atoms with van der Waals surface area (Å²) in [7, 11) is 4.00. The fourth-order valence-electron chi connectivity index (χ4n) is 3.79. The molecule has 10 nitrogen and oxygen atoms in total. The number of benzene rings is 2. The Bertz CT molecular complexity index is 1470. The van der Waals surface area contributed by atoms with Crippen molar-refractivity contribution in [3.63, 3.8) is 0 Å². The van der Waals surface area contributed by atoms with Gasteiger partial charge in [0, 0.05) is 48.0 Å². The predicted octanol–water partition coefficient (Wildman–Crippen LogP) is 4.06. The monoisotopic (exact) mass is 509 g/mol. The Kier molecular flexibility index (Phi) is 7.79. The maximum atomic E-state index is 13.4. The zero-order valence-electron chi connectivity index (χ0n) is 22.2. The molecule has 38 heavy (non-hydrogen) atoms. The van der Waals surface area contributed by atoms with Crippen LogP contribution in [0.2, 0.25) is 0 Å². The number of hydrogen-bond donors (Lipinski definition) is 2. The molecule has 10 heteroatoms. The van der Waals surface area contributed by atoms with E-state index >= 15 is 0 Å². The quantitative estimate of drug-likeness (QED) is 0.346. The number of carbonyl (C=O) groups is 1. The molecule has 2 aromatic heterocycles. The molecule has 2 heterocycles. The normalized spacial score (nSPS) is 11.3. The third kappa shape index (κ3) is 6.19. The average Bonchev–Trinajstić information content (AvgIpc) is 3.40. The van der Waals surface area contributed by atoms with E-state index in [2.05, 4.69) is 41.9 Å². The number of carbonyl (C=O) groups excluding carboxylic acids is 1. The van der Waals surface area contributed by atoms with Gasteiger partial charge in [0.1, 0.15) is 12.0 Å². The standard InChI is InChI=1S/C28H31N9O/c1-19-6-7-23(13-26(19)37-16-25(34-35-37)21-14-30-18-31-15-21)33-27(38)20-10-22(28(2,3)17-29)12-24(11-20)32-8-9-36(4)5/h6-7,10-16,18,32H,8-9H2,1-5H3,(H,33,38). The van der Waals surface area contributed by atoms with Crippen LogP contribution < -0.4 is 10.6 Å². The van der Waals surface area contributed by atoms with Crippen LogP contribution in [0, 0.1) is 18.3 Å². The summed E-state index contributed by atoms with van der Waals surface area (Å²) in [6.45, 7) is 7.19. The molecule has 4 aromatic rings. The lowest BCUT2D eigenvalue weighted by atomic mass is 9.85. The summed E-state index contributed by atoms with van der Waals surface area (Å²) in [5, 5.41) is 24.5. The molecule has 0 radical (unpaired) electrons. The zero-order chi connectivity index (χ0) is 27.3. The Morgan fingerprint density at radius 3 is 2.58 bits per heavy atom. The predicted molar refractivity (Wildman–Crippen MR) is 147 cm³/mol. The molecule has 0 saturated carbocycles. The first-order valence-corrected chi connectivity index (χ1v) is 12.2. The van der Waals surface area contributed by atoms with Gasteiger partial charge in [-0.25, -0.2) is 14.6 Å². The number of rotatable bonds is 9. The van der Waals surface area contributed by atoms with Crippen molar-refractivity contribution in [2.24, 2.45) is 0 Å². The molecule has 4 rings (SSSR count). The zero-order valence-corrected chi connectivity index (χ0v) is 22.2. The van der Waals surface area contributed by atoms with Crippen LogP contribution in [0.15, 0.2) is 61.3 Å². The first-order valence-electron chi connectivity index (χ1n) is 12.2. The third-order valence-electron chi connectivity index (χ3n) is 6.15. The van der Waals surface area contributed by atoms with Crippen LogP contribution in [-0.2, 0) is 5.41 Å². The van der Waals surface area contributed by atoms with E-state index in [9.17, 15) is 10.1 Å². The van der Waals surface area contributed by atoms with Crippen LogP contribution in [0.5, 0.6) is 0 Å². The summed E-state index contributed by atoms with van der Waals surface area (Å²) in [6.07, 6.45) is 6.61. The van der Waals surface area contributed by atoms with Crippen molar-refractivity contribution in [2.45, 2.75) is 26.2 Å². The number of nitrogens with zero attached hydrogens (tertiary/aromatic N) is 7. The largest absolute Gasteiger partial charge is 0.384 e. The number of likely N-dealkylation sites (N-methyl/N-ethyl adjacent to an activating group) is 1. The molecular formula is C28H31N9O. The Balaban J connectivity index is 1.60. The Morgan fingerprint density at radius 2 is 1.87 bits per heavy atom. The van der Waals surface area contributed by atoms with E-state index in [1.165, 1.54) is 6.33 Å². The van der Waals surface area contributed by atoms with Crippen molar-refractivity contribution in [3.05, 3.63) is 78.0 Å². The Labute approximate surface area is 222 Å². The first kappa shape index (κ1) is 26.4. The Morgan fingerprint density at radius 1 is 1.11 bits per heavy atom. The molecule has 0 spiro atoms. The lowest BCUT2D eigenvalue weighted by Gasteiger charge is -2.20. The highest BCUT2D eigenvalue weighted by Gasteiger charge is 2.22. The minimum atomic E-state index is -0.750. The van der Waals surface area contributed by atoms with Crippen molar-refractivity contribution in [3.8, 4) is 23.0 Å². The molecule has 2 N–H and O–H groups in total. The number of anilines is 2. The number of aromatic nitrogens is 5. The van der Waals surface area contributed by atoms with Gasteiger partial charge in [-0.05, 0) is 76.3 Å². The number of amides is 1. The molecule has 0 atom stereocenters. The molecule has 0 bridgehead atoms. The topological polar surface area (TPSA) is 125 Å². The minimum absolute atomic E-state index is 0.272. The van der Waals surface area contributed by atoms with Gasteiger partial charge in [-0.1, -0.05) is 11.3 Å². The molecule has 1 amide bonds. The molecule has 2 aromatic carbocycles. The first-order chi connectivity index (χ1) is 18.2. The van der Waals surface area contributed by atoms with Crippen molar-refractivity contribution < 1.29 is 4.79 Å². The summed E-state index contributed by atoms with van der Waals surface area (Å²) < 4.78 is 1.66. The van der Waals surface area contributed by atoms with E-state index < -0.39 is 5.41 Å². The second-order valence-corrected chi connectivity index (χ2v) is 9.90. The van der Waals surface area contributed by atoms with Crippen LogP contribution in [0.25, 0.3) is 16.9 Å². The van der Waals surface area contributed by atoms with Crippen LogP contribution in [0.3, 0.4) is 0 Å². The summed E-state index contributed by atoms with van der Waals surface area (Å²) in [6, 6.07) is 13.5. The highest BCUT2D eigenvalue weighted by atomic mass is 16.1. The van der Waals surface area contributed by atoms with Gasteiger partial charge in [0.15, 0.2) is 0 Å². The second kappa shape index (κ2) is 11.2. The van der Waals surface area contributed by atoms with E-state index in [0.717, 1.165) is 34.6 Å². The number of nitrogens with one attached hydrogen (secondary N) is 2. The highest BCUT2D eigenvalue weighted by molar-refractivity contribution is 6.05. The van der Waals surface area contributed by atoms with Crippen LogP contribution >= 0.6 is 0 Å². The minimum Gasteiger partial charge on any atom is -0.384 e. The molecular weight excluding hydrogens is 478 g/mol. The number of hydrogen-bond acceptors (Lipinski definition) is 8. The van der Waals surface area contributed by atoms with Gasteiger partial charge < -0.3 is 15.5 Å². The average molecular weight is 510 g/mol. The lowest BCUT2D eigenvalue weighted by molar-refractivity contribution is 0.102. The van der Waals surface area contributed by atoms with E-state index in [1.807, 2.05) is 65.2 Å². The van der Waals surface area contributed by atoms with Gasteiger partial charge in [0.05, 0.1) is 23.4 Å². The molecule has 0 saturated heterocycles. The maximum absolute atomic E-state index is 13.4. The summed E-state index contributed by atoms with van der Waals surface area (Å²) in [4.78, 5) is 23.5. The summed E-state index contributed by atoms with van der Waals surface area (Å²) in [5.41, 5.74) is 5.04. The second-order valence-electron chi connectivity index (χ2n) is 9.90. The van der Waals surface area contributed by atoms with Gasteiger partial charge in [-0.15, -0.1) is 5.10 Å². The van der Waals surface area contributed by atoms with Crippen molar-refractivity contribution in [1.29, 1.82) is 5.26 Å². The van der Waals surface area contributed by atoms with E-state index in [4.69, 9.17) is 0 Å². The van der Waals surface area contributed by atoms with Crippen LogP contribution in [0.4, 0.5) is 11.4 Å². The molecule has 0 fully saturated rings. The van der Waals surface area contributed by atoms with Crippen molar-refractivity contribution in [2.75, 3.05) is 37.8 Å². The van der Waals surface area contributed by atoms with E-state index in [0.29, 0.717) is 23.5 Å². The third-order valence-corrected chi connectivity index (χ3v) is 6.15. The maximum Gasteiger partial charge on any atom is 0.255 e. The number of nitriles is 1. The molecule has 0 unspecified atom stereocenters. The molecule has 0 aliphatic rings. The SMILES string of the molecule is Cc1ccc(NC(=O)c2cc(NCCN(C)C)cc(C(C)(C)C#N)c2)cc1-n1cc(-c2cncnc2)nn1. The van der Waals surface area contributed by atoms with Crippen molar-refractivity contribution >= 4 is 17.3 Å². The fourth-order valence-corrected chi connectivity index (χ4v) is 3.79. The van der Waals surface area contributed by atoms with Gasteiger partial charge in [0.25, 0.3) is 5.91 Å². The summed E-state index contributed by atoms with van der Waals surface area (Å²) in [5.74, 6) is -0.272. The smallest absolute Gasteiger partial charge is 0.255 e. The van der Waals surface area contributed by atoms with Crippen molar-refractivity contribution in [1.82, 2.24) is 29.9 Å². The molecule has 0 aliphatic carbocycles. The van der Waals surface area contributed by atoms with E-state index in [1.54, 1.807) is 29.3 Å². The van der Waals surface area contributed by atoms with Gasteiger partial charge in [-0.3, -0.25) is 4.79 Å². The van der Waals surface area contributed by atoms with Gasteiger partial charge >= 0.3 is 0 Å². The van der Waals surface area contributed by atoms with Gasteiger partial charge in [-0.2, -0.15) is 5.26 Å². The number of aryl methyl sites for hydroxylation is 1. The Hall–Kier alpha value is -4.62. The fraction of sp³-hybridized carbons (Fsp3) is 0.286. The van der Waals surface area contributed by atoms with Crippen LogP contribution in [0.1, 0.15) is 35.3 Å². The lowest BCUT2D eigenvalue weighted by Crippen LogP contribution is -2.22. The molecule has 194 valence electrons. The van der Waals surface area contributed by atoms with Gasteiger partial charge in [0.2, 0.25) is 0 Å². The van der Waals surface area contributed by atoms with Crippen LogP contribution in [-0.4, -0.2) is 63.0 Å². The molecule has 0 aliphatic heterocycles. The highest BCUT2D eigenvalue weighted by Crippen LogP contribution is 2.28.